The largest absolute Gasteiger partial charge is 0.376 e. The second-order valence-electron chi connectivity index (χ2n) is 6.75. The van der Waals surface area contributed by atoms with Crippen molar-refractivity contribution in [3.63, 3.8) is 0 Å². The maximum absolute atomic E-state index is 5.78. The minimum absolute atomic E-state index is 0.0225. The van der Waals surface area contributed by atoms with Crippen LogP contribution in [0, 0.1) is 12.8 Å². The van der Waals surface area contributed by atoms with E-state index < -0.39 is 0 Å². The van der Waals surface area contributed by atoms with Gasteiger partial charge >= 0.3 is 0 Å². The molecule has 0 aromatic carbocycles. The lowest BCUT2D eigenvalue weighted by Crippen LogP contribution is -2.36. The Morgan fingerprint density at radius 2 is 2.13 bits per heavy atom. The Morgan fingerprint density at radius 1 is 1.26 bits per heavy atom. The summed E-state index contributed by atoms with van der Waals surface area (Å²) < 4.78 is 5.78. The molecule has 1 atom stereocenters. The van der Waals surface area contributed by atoms with E-state index in [0.717, 1.165) is 49.0 Å². The Morgan fingerprint density at radius 3 is 2.87 bits per heavy atom. The van der Waals surface area contributed by atoms with E-state index in [-0.39, 0.29) is 5.60 Å². The van der Waals surface area contributed by atoms with Gasteiger partial charge in [0.25, 0.3) is 0 Å². The molecule has 1 saturated heterocycles. The molecule has 122 valence electrons. The van der Waals surface area contributed by atoms with Crippen LogP contribution in [0.5, 0.6) is 0 Å². The molecule has 5 nitrogen and oxygen atoms in total. The fourth-order valence-corrected chi connectivity index (χ4v) is 3.08. The average Bonchev–Trinajstić information content (AvgIpc) is 2.52. The van der Waals surface area contributed by atoms with Crippen molar-refractivity contribution < 1.29 is 4.74 Å². The van der Waals surface area contributed by atoms with E-state index in [1.54, 1.807) is 6.20 Å². The molecular weight excluding hydrogens is 288 g/mol. The van der Waals surface area contributed by atoms with E-state index in [0.29, 0.717) is 5.92 Å². The normalized spacial score (nSPS) is 20.2. The van der Waals surface area contributed by atoms with Crippen molar-refractivity contribution in [1.82, 2.24) is 15.0 Å². The van der Waals surface area contributed by atoms with Gasteiger partial charge in [0.15, 0.2) is 0 Å². The quantitative estimate of drug-likeness (QED) is 0.937. The van der Waals surface area contributed by atoms with E-state index in [2.05, 4.69) is 34.1 Å². The van der Waals surface area contributed by atoms with Crippen molar-refractivity contribution in [3.8, 4) is 11.4 Å². The number of anilines is 1. The average molecular weight is 312 g/mol. The van der Waals surface area contributed by atoms with Crippen LogP contribution >= 0.6 is 0 Å². The van der Waals surface area contributed by atoms with Gasteiger partial charge in [0.2, 0.25) is 0 Å². The van der Waals surface area contributed by atoms with E-state index in [1.807, 2.05) is 31.2 Å². The third kappa shape index (κ3) is 4.26. The highest BCUT2D eigenvalue weighted by Crippen LogP contribution is 2.28. The number of nitrogens with zero attached hydrogens (tertiary/aromatic N) is 3. The van der Waals surface area contributed by atoms with Crippen LogP contribution in [0.25, 0.3) is 11.4 Å². The summed E-state index contributed by atoms with van der Waals surface area (Å²) in [7, 11) is 0. The number of pyridine rings is 1. The maximum atomic E-state index is 5.78. The first-order valence-corrected chi connectivity index (χ1v) is 8.17. The fraction of sp³-hybridized carbons (Fsp3) is 0.500. The third-order valence-corrected chi connectivity index (χ3v) is 4.14. The molecule has 0 bridgehead atoms. The fourth-order valence-electron chi connectivity index (χ4n) is 3.08. The summed E-state index contributed by atoms with van der Waals surface area (Å²) in [6.07, 6.45) is 3.94. The van der Waals surface area contributed by atoms with Crippen LogP contribution in [0.15, 0.2) is 30.5 Å². The molecule has 1 aliphatic rings. The van der Waals surface area contributed by atoms with Crippen molar-refractivity contribution in [2.75, 3.05) is 18.5 Å². The van der Waals surface area contributed by atoms with E-state index in [9.17, 15) is 0 Å². The molecule has 2 aromatic heterocycles. The number of aryl methyl sites for hydroxylation is 1. The minimum Gasteiger partial charge on any atom is -0.376 e. The Labute approximate surface area is 137 Å². The van der Waals surface area contributed by atoms with E-state index >= 15 is 0 Å². The molecule has 3 rings (SSSR count). The molecular formula is C18H24N4O. The zero-order valence-electron chi connectivity index (χ0n) is 14.0. The molecule has 0 amide bonds. The van der Waals surface area contributed by atoms with Crippen molar-refractivity contribution in [2.24, 2.45) is 5.92 Å². The molecule has 3 heterocycles. The molecule has 0 spiro atoms. The summed E-state index contributed by atoms with van der Waals surface area (Å²) in [6, 6.07) is 7.81. The predicted molar refractivity (Wildman–Crippen MR) is 91.2 cm³/mol. The number of hydrogen-bond donors (Lipinski definition) is 1. The first-order chi connectivity index (χ1) is 11.0. The summed E-state index contributed by atoms with van der Waals surface area (Å²) in [4.78, 5) is 13.4. The molecule has 1 unspecified atom stereocenters. The SMILES string of the molecule is Cc1nc(NCC2CCOC(C)(C)C2)cc(-c2ccccn2)n1. The van der Waals surface area contributed by atoms with Crippen LogP contribution in [-0.4, -0.2) is 33.7 Å². The number of aromatic nitrogens is 3. The lowest BCUT2D eigenvalue weighted by atomic mass is 9.88. The zero-order valence-corrected chi connectivity index (χ0v) is 14.0. The summed E-state index contributed by atoms with van der Waals surface area (Å²) in [5.74, 6) is 2.22. The van der Waals surface area contributed by atoms with Crippen LogP contribution in [0.4, 0.5) is 5.82 Å². The first kappa shape index (κ1) is 15.9. The highest BCUT2D eigenvalue weighted by atomic mass is 16.5. The lowest BCUT2D eigenvalue weighted by molar-refractivity contribution is -0.0699. The van der Waals surface area contributed by atoms with Crippen molar-refractivity contribution in [2.45, 2.75) is 39.2 Å². The molecule has 0 radical (unpaired) electrons. The molecule has 0 saturated carbocycles. The molecule has 0 aliphatic carbocycles. The highest BCUT2D eigenvalue weighted by molar-refractivity contribution is 5.58. The Hall–Kier alpha value is -2.01. The van der Waals surface area contributed by atoms with Gasteiger partial charge in [-0.3, -0.25) is 4.98 Å². The van der Waals surface area contributed by atoms with Gasteiger partial charge in [0.1, 0.15) is 11.6 Å². The highest BCUT2D eigenvalue weighted by Gasteiger charge is 2.28. The van der Waals surface area contributed by atoms with Gasteiger partial charge in [0, 0.05) is 25.4 Å². The molecule has 5 heteroatoms. The second-order valence-corrected chi connectivity index (χ2v) is 6.75. The Kier molecular flexibility index (Phi) is 4.57. The summed E-state index contributed by atoms with van der Waals surface area (Å²) in [5.41, 5.74) is 1.70. The van der Waals surface area contributed by atoms with Gasteiger partial charge in [-0.25, -0.2) is 9.97 Å². The smallest absolute Gasteiger partial charge is 0.130 e. The third-order valence-electron chi connectivity index (χ3n) is 4.14. The van der Waals surface area contributed by atoms with Gasteiger partial charge in [0.05, 0.1) is 17.0 Å². The minimum atomic E-state index is -0.0225. The van der Waals surface area contributed by atoms with Crippen LogP contribution in [0.3, 0.4) is 0 Å². The molecule has 1 fully saturated rings. The molecule has 1 aliphatic heterocycles. The van der Waals surface area contributed by atoms with Gasteiger partial charge in [-0.2, -0.15) is 0 Å². The topological polar surface area (TPSA) is 59.9 Å². The summed E-state index contributed by atoms with van der Waals surface area (Å²) in [5, 5.41) is 3.47. The predicted octanol–water partition coefficient (Wildman–Crippen LogP) is 3.46. The molecule has 23 heavy (non-hydrogen) atoms. The van der Waals surface area contributed by atoms with Crippen molar-refractivity contribution in [3.05, 3.63) is 36.3 Å². The number of nitrogens with one attached hydrogen (secondary N) is 1. The van der Waals surface area contributed by atoms with E-state index in [4.69, 9.17) is 4.74 Å². The van der Waals surface area contributed by atoms with Crippen LogP contribution in [0.2, 0.25) is 0 Å². The summed E-state index contributed by atoms with van der Waals surface area (Å²) in [6.45, 7) is 7.97. The monoisotopic (exact) mass is 312 g/mol. The van der Waals surface area contributed by atoms with Gasteiger partial charge < -0.3 is 10.1 Å². The lowest BCUT2D eigenvalue weighted by Gasteiger charge is -2.35. The van der Waals surface area contributed by atoms with Crippen molar-refractivity contribution >= 4 is 5.82 Å². The first-order valence-electron chi connectivity index (χ1n) is 8.17. The maximum Gasteiger partial charge on any atom is 0.130 e. The Bertz CT molecular complexity index is 657. The second kappa shape index (κ2) is 6.62. The molecule has 1 N–H and O–H groups in total. The van der Waals surface area contributed by atoms with E-state index in [1.165, 1.54) is 0 Å². The number of hydrogen-bond acceptors (Lipinski definition) is 5. The van der Waals surface area contributed by atoms with Gasteiger partial charge in [-0.05, 0) is 51.7 Å². The Balaban J connectivity index is 1.70. The molecule has 2 aromatic rings. The van der Waals surface area contributed by atoms with Crippen LogP contribution in [0.1, 0.15) is 32.5 Å². The number of rotatable bonds is 4. The van der Waals surface area contributed by atoms with Crippen LogP contribution < -0.4 is 5.32 Å². The zero-order chi connectivity index (χ0) is 16.3. The van der Waals surface area contributed by atoms with Crippen LogP contribution in [-0.2, 0) is 4.74 Å². The summed E-state index contributed by atoms with van der Waals surface area (Å²) >= 11 is 0. The van der Waals surface area contributed by atoms with Gasteiger partial charge in [-0.1, -0.05) is 6.07 Å². The number of ether oxygens (including phenoxy) is 1. The van der Waals surface area contributed by atoms with Gasteiger partial charge in [-0.15, -0.1) is 0 Å². The van der Waals surface area contributed by atoms with Crippen molar-refractivity contribution in [1.29, 1.82) is 0 Å². The standard InChI is InChI=1S/C18H24N4O/c1-13-21-16(15-6-4-5-8-19-15)10-17(22-13)20-12-14-7-9-23-18(2,3)11-14/h4-6,8,10,14H,7,9,11-12H2,1-3H3,(H,20,21,22).